The zero-order chi connectivity index (χ0) is 23.7. The summed E-state index contributed by atoms with van der Waals surface area (Å²) in [5.74, 6) is -0.507. The molecular formula is C24H15ClN4O3S2. The fourth-order valence-electron chi connectivity index (χ4n) is 3.39. The highest BCUT2D eigenvalue weighted by Crippen LogP contribution is 2.40. The lowest BCUT2D eigenvalue weighted by Gasteiger charge is -2.09. The maximum absolute atomic E-state index is 12.8. The Bertz CT molecular complexity index is 1440. The molecule has 0 spiro atoms. The van der Waals surface area contributed by atoms with Crippen LogP contribution >= 0.6 is 34.7 Å². The number of nitroso groups, excluding NO2 is 1. The third kappa shape index (κ3) is 4.58. The third-order valence-electron chi connectivity index (χ3n) is 5.09. The summed E-state index contributed by atoms with van der Waals surface area (Å²) in [6, 6.07) is 17.2. The van der Waals surface area contributed by atoms with Gasteiger partial charge in [-0.25, -0.2) is 4.98 Å². The summed E-state index contributed by atoms with van der Waals surface area (Å²) in [6.45, 7) is 0.312. The number of hydrogen-bond acceptors (Lipinski definition) is 7. The molecule has 1 aliphatic rings. The van der Waals surface area contributed by atoms with Gasteiger partial charge in [-0.15, -0.1) is 16.2 Å². The van der Waals surface area contributed by atoms with Crippen molar-refractivity contribution in [3.05, 3.63) is 92.8 Å². The molecule has 0 saturated heterocycles. The molecule has 0 radical (unpaired) electrons. The Kier molecular flexibility index (Phi) is 6.14. The number of anilines is 1. The van der Waals surface area contributed by atoms with Gasteiger partial charge in [0.1, 0.15) is 10.7 Å². The van der Waals surface area contributed by atoms with Crippen LogP contribution in [0.15, 0.2) is 81.8 Å². The Labute approximate surface area is 207 Å². The molecule has 10 heteroatoms. The van der Waals surface area contributed by atoms with Gasteiger partial charge in [0.25, 0.3) is 11.8 Å². The molecule has 2 amide bonds. The van der Waals surface area contributed by atoms with Crippen molar-refractivity contribution in [2.24, 2.45) is 5.18 Å². The van der Waals surface area contributed by atoms with Gasteiger partial charge in [0.15, 0.2) is 0 Å². The topological polar surface area (TPSA) is 101 Å². The van der Waals surface area contributed by atoms with E-state index in [-0.39, 0.29) is 11.8 Å². The molecule has 4 aromatic rings. The number of nitrogens with one attached hydrogen (secondary N) is 2. The van der Waals surface area contributed by atoms with Gasteiger partial charge in [0.05, 0.1) is 17.8 Å². The average molecular weight is 507 g/mol. The molecule has 5 rings (SSSR count). The summed E-state index contributed by atoms with van der Waals surface area (Å²) in [6.07, 6.45) is 1.71. The maximum atomic E-state index is 12.8. The van der Waals surface area contributed by atoms with Gasteiger partial charge in [0, 0.05) is 37.0 Å². The monoisotopic (exact) mass is 506 g/mol. The molecule has 7 nitrogen and oxygen atoms in total. The molecule has 0 atom stereocenters. The van der Waals surface area contributed by atoms with Crippen LogP contribution in [0.2, 0.25) is 5.02 Å². The zero-order valence-corrected chi connectivity index (χ0v) is 19.8. The van der Waals surface area contributed by atoms with Crippen LogP contribution in [0.5, 0.6) is 0 Å². The minimum atomic E-state index is -0.261. The van der Waals surface area contributed by atoms with E-state index in [1.807, 2.05) is 6.07 Å². The summed E-state index contributed by atoms with van der Waals surface area (Å²) in [4.78, 5) is 42.8. The van der Waals surface area contributed by atoms with E-state index in [1.165, 1.54) is 23.1 Å². The zero-order valence-electron chi connectivity index (χ0n) is 17.4. The van der Waals surface area contributed by atoms with Gasteiger partial charge < -0.3 is 10.6 Å². The standard InChI is InChI=1S/C24H15ClN4O3S2/c25-15-4-7-18-21(10-15)34-20-8-3-14(9-19(20)28-23(18)31)22(30)26-11-17-12-27-24(33-17)13-1-5-16(29-32)6-2-13/h1-10,12H,11H2,(H,26,30)(H,28,31). The molecular weight excluding hydrogens is 492 g/mol. The predicted octanol–water partition coefficient (Wildman–Crippen LogP) is 6.51. The Morgan fingerprint density at radius 2 is 1.88 bits per heavy atom. The van der Waals surface area contributed by atoms with Crippen LogP contribution in [0.3, 0.4) is 0 Å². The van der Waals surface area contributed by atoms with Gasteiger partial charge in [-0.1, -0.05) is 23.4 Å². The molecule has 0 bridgehead atoms. The predicted molar refractivity (Wildman–Crippen MR) is 134 cm³/mol. The van der Waals surface area contributed by atoms with Crippen LogP contribution in [-0.2, 0) is 6.54 Å². The van der Waals surface area contributed by atoms with Crippen LogP contribution in [0.1, 0.15) is 25.6 Å². The highest BCUT2D eigenvalue weighted by Gasteiger charge is 2.21. The summed E-state index contributed by atoms with van der Waals surface area (Å²) < 4.78 is 0. The number of thiazole rings is 1. The molecule has 168 valence electrons. The van der Waals surface area contributed by atoms with Crippen LogP contribution in [0.4, 0.5) is 11.4 Å². The van der Waals surface area contributed by atoms with Crippen LogP contribution in [0, 0.1) is 4.91 Å². The highest BCUT2D eigenvalue weighted by atomic mass is 35.5. The first kappa shape index (κ1) is 22.3. The van der Waals surface area contributed by atoms with E-state index in [4.69, 9.17) is 11.6 Å². The fourth-order valence-corrected chi connectivity index (χ4v) is 5.53. The molecule has 2 N–H and O–H groups in total. The fraction of sp³-hybridized carbons (Fsp3) is 0.0417. The summed E-state index contributed by atoms with van der Waals surface area (Å²) >= 11 is 8.97. The second kappa shape index (κ2) is 9.38. The molecule has 0 fully saturated rings. The molecule has 34 heavy (non-hydrogen) atoms. The van der Waals surface area contributed by atoms with Gasteiger partial charge in [-0.3, -0.25) is 9.59 Å². The van der Waals surface area contributed by atoms with Gasteiger partial charge in [-0.2, -0.15) is 0 Å². The number of hydrogen-bond donors (Lipinski definition) is 2. The van der Waals surface area contributed by atoms with Gasteiger partial charge in [-0.05, 0) is 65.8 Å². The number of carbonyl (C=O) groups excluding carboxylic acids is 2. The van der Waals surface area contributed by atoms with Crippen molar-refractivity contribution >= 4 is 57.9 Å². The molecule has 3 aromatic carbocycles. The second-order valence-corrected chi connectivity index (χ2v) is 10.00. The van der Waals surface area contributed by atoms with E-state index < -0.39 is 0 Å². The second-order valence-electron chi connectivity index (χ2n) is 7.36. The maximum Gasteiger partial charge on any atom is 0.256 e. The van der Waals surface area contributed by atoms with Crippen LogP contribution in [-0.4, -0.2) is 16.8 Å². The van der Waals surface area contributed by atoms with E-state index in [2.05, 4.69) is 20.8 Å². The molecule has 2 heterocycles. The number of aromatic nitrogens is 1. The van der Waals surface area contributed by atoms with E-state index in [0.717, 1.165) is 25.2 Å². The Hall–Kier alpha value is -3.53. The number of rotatable bonds is 5. The number of carbonyl (C=O) groups is 2. The third-order valence-corrected chi connectivity index (χ3v) is 7.51. The lowest BCUT2D eigenvalue weighted by molar-refractivity contribution is 0.0949. The van der Waals surface area contributed by atoms with Crippen molar-refractivity contribution in [1.82, 2.24) is 10.3 Å². The van der Waals surface area contributed by atoms with Crippen molar-refractivity contribution in [1.29, 1.82) is 0 Å². The first-order valence-electron chi connectivity index (χ1n) is 10.1. The quantitative estimate of drug-likeness (QED) is 0.300. The molecule has 0 saturated carbocycles. The van der Waals surface area contributed by atoms with E-state index in [1.54, 1.807) is 60.8 Å². The van der Waals surface area contributed by atoms with E-state index in [0.29, 0.717) is 34.1 Å². The van der Waals surface area contributed by atoms with E-state index in [9.17, 15) is 14.5 Å². The van der Waals surface area contributed by atoms with Crippen molar-refractivity contribution in [2.45, 2.75) is 16.3 Å². The summed E-state index contributed by atoms with van der Waals surface area (Å²) in [5.41, 5.74) is 2.77. The Morgan fingerprint density at radius 3 is 2.68 bits per heavy atom. The summed E-state index contributed by atoms with van der Waals surface area (Å²) in [7, 11) is 0. The largest absolute Gasteiger partial charge is 0.347 e. The van der Waals surface area contributed by atoms with Gasteiger partial charge in [0.2, 0.25) is 0 Å². The van der Waals surface area contributed by atoms with Gasteiger partial charge >= 0.3 is 0 Å². The van der Waals surface area contributed by atoms with Crippen LogP contribution < -0.4 is 10.6 Å². The average Bonchev–Trinajstić information content (AvgIpc) is 3.27. The SMILES string of the molecule is O=Nc1ccc(-c2ncc(CNC(=O)c3ccc4c(c3)NC(=O)c3ccc(Cl)cc3S4)s2)cc1. The minimum absolute atomic E-state index is 0.246. The number of halogens is 1. The van der Waals surface area contributed by atoms with Crippen molar-refractivity contribution < 1.29 is 9.59 Å². The van der Waals surface area contributed by atoms with Crippen molar-refractivity contribution in [3.63, 3.8) is 0 Å². The molecule has 0 aliphatic carbocycles. The van der Waals surface area contributed by atoms with Crippen molar-refractivity contribution in [3.8, 4) is 10.6 Å². The number of benzene rings is 3. The number of amides is 2. The lowest BCUT2D eigenvalue weighted by atomic mass is 10.1. The molecule has 1 aromatic heterocycles. The number of fused-ring (bicyclic) bond motifs is 2. The number of nitrogens with zero attached hydrogens (tertiary/aromatic N) is 2. The smallest absolute Gasteiger partial charge is 0.256 e. The van der Waals surface area contributed by atoms with Crippen LogP contribution in [0.25, 0.3) is 10.6 Å². The summed E-state index contributed by atoms with van der Waals surface area (Å²) in [5, 5.41) is 10.0. The molecule has 0 unspecified atom stereocenters. The molecule has 1 aliphatic heterocycles. The minimum Gasteiger partial charge on any atom is -0.347 e. The van der Waals surface area contributed by atoms with E-state index >= 15 is 0 Å². The lowest BCUT2D eigenvalue weighted by Crippen LogP contribution is -2.22. The first-order chi connectivity index (χ1) is 16.5. The normalized spacial score (nSPS) is 12.2. The van der Waals surface area contributed by atoms with Crippen molar-refractivity contribution in [2.75, 3.05) is 5.32 Å². The Morgan fingerprint density at radius 1 is 1.06 bits per heavy atom. The first-order valence-corrected chi connectivity index (χ1v) is 12.1. The highest BCUT2D eigenvalue weighted by molar-refractivity contribution is 7.99. The Balaban J connectivity index is 1.28.